The predicted octanol–water partition coefficient (Wildman–Crippen LogP) is 3.22. The van der Waals surface area contributed by atoms with Crippen LogP contribution in [0.3, 0.4) is 0 Å². The van der Waals surface area contributed by atoms with E-state index in [1.165, 1.54) is 19.3 Å². The van der Waals surface area contributed by atoms with E-state index in [0.29, 0.717) is 0 Å². The monoisotopic (exact) mass is 247 g/mol. The number of piperidine rings is 1. The molecule has 0 bridgehead atoms. The highest BCUT2D eigenvalue weighted by Crippen LogP contribution is 2.15. The molecule has 3 heterocycles. The van der Waals surface area contributed by atoms with Crippen molar-refractivity contribution in [3.05, 3.63) is 41.5 Å². The van der Waals surface area contributed by atoms with Crippen molar-refractivity contribution in [3.63, 3.8) is 0 Å². The molecule has 1 fully saturated rings. The maximum Gasteiger partial charge on any atom is 0.147 e. The zero-order valence-corrected chi connectivity index (χ0v) is 10.6. The molecule has 0 spiro atoms. The second kappa shape index (κ2) is 7.01. The van der Waals surface area contributed by atoms with Crippen LogP contribution in [-0.4, -0.2) is 23.1 Å². The molecule has 3 rings (SSSR count). The van der Waals surface area contributed by atoms with Crippen molar-refractivity contribution in [2.75, 3.05) is 18.0 Å². The van der Waals surface area contributed by atoms with E-state index in [4.69, 9.17) is 0 Å². The molecule has 0 unspecified atom stereocenters. The molecule has 2 aromatic heterocycles. The third-order valence-electron chi connectivity index (χ3n) is 2.65. The third kappa shape index (κ3) is 4.15. The van der Waals surface area contributed by atoms with Crippen molar-refractivity contribution in [3.8, 4) is 0 Å². The van der Waals surface area contributed by atoms with Gasteiger partial charge in [0.2, 0.25) is 0 Å². The minimum absolute atomic E-state index is 1.03. The van der Waals surface area contributed by atoms with Crippen LogP contribution in [0.25, 0.3) is 0 Å². The lowest BCUT2D eigenvalue weighted by Crippen LogP contribution is -2.30. The van der Waals surface area contributed by atoms with E-state index in [2.05, 4.69) is 14.9 Å². The van der Waals surface area contributed by atoms with E-state index in [9.17, 15) is 0 Å². The summed E-state index contributed by atoms with van der Waals surface area (Å²) in [5, 5.41) is 4.08. The number of rotatable bonds is 1. The minimum atomic E-state index is 1.03. The SMILES string of the molecule is c1ccsc1.c1cnc(N2CCCCC2)cn1. The molecule has 0 aromatic carbocycles. The number of nitrogens with zero attached hydrogens (tertiary/aromatic N) is 3. The summed E-state index contributed by atoms with van der Waals surface area (Å²) in [6, 6.07) is 4.04. The van der Waals surface area contributed by atoms with Gasteiger partial charge in [0.1, 0.15) is 5.82 Å². The van der Waals surface area contributed by atoms with Crippen molar-refractivity contribution in [1.82, 2.24) is 9.97 Å². The number of anilines is 1. The van der Waals surface area contributed by atoms with E-state index < -0.39 is 0 Å². The van der Waals surface area contributed by atoms with E-state index in [0.717, 1.165) is 18.9 Å². The average Bonchev–Trinajstić information content (AvgIpc) is 3.00. The van der Waals surface area contributed by atoms with Crippen molar-refractivity contribution < 1.29 is 0 Å². The van der Waals surface area contributed by atoms with Gasteiger partial charge >= 0.3 is 0 Å². The summed E-state index contributed by atoms with van der Waals surface area (Å²) in [6.45, 7) is 2.28. The fourth-order valence-electron chi connectivity index (χ4n) is 1.80. The van der Waals surface area contributed by atoms with Gasteiger partial charge in [-0.15, -0.1) is 0 Å². The highest BCUT2D eigenvalue weighted by Gasteiger charge is 2.10. The molecule has 90 valence electrons. The Balaban J connectivity index is 0.000000181. The Morgan fingerprint density at radius 1 is 1.00 bits per heavy atom. The Morgan fingerprint density at radius 3 is 2.29 bits per heavy atom. The Bertz CT molecular complexity index is 365. The first kappa shape index (κ1) is 12.0. The number of hydrogen-bond donors (Lipinski definition) is 0. The summed E-state index contributed by atoms with van der Waals surface area (Å²) in [7, 11) is 0. The van der Waals surface area contributed by atoms with Gasteiger partial charge in [0, 0.05) is 25.5 Å². The summed E-state index contributed by atoms with van der Waals surface area (Å²) < 4.78 is 0. The highest BCUT2D eigenvalue weighted by atomic mass is 32.1. The maximum absolute atomic E-state index is 4.27. The molecule has 0 N–H and O–H groups in total. The van der Waals surface area contributed by atoms with Crippen LogP contribution in [0.5, 0.6) is 0 Å². The van der Waals surface area contributed by atoms with Gasteiger partial charge in [-0.2, -0.15) is 11.3 Å². The molecule has 2 aromatic rings. The summed E-state index contributed by atoms with van der Waals surface area (Å²) in [5.74, 6) is 1.03. The van der Waals surface area contributed by atoms with Gasteiger partial charge in [-0.25, -0.2) is 4.98 Å². The molecule has 0 atom stereocenters. The summed E-state index contributed by atoms with van der Waals surface area (Å²) in [5.41, 5.74) is 0. The fraction of sp³-hybridized carbons (Fsp3) is 0.385. The molecule has 1 saturated heterocycles. The zero-order valence-electron chi connectivity index (χ0n) is 9.83. The lowest BCUT2D eigenvalue weighted by molar-refractivity contribution is 0.573. The Morgan fingerprint density at radius 2 is 1.76 bits per heavy atom. The number of thiophene rings is 1. The van der Waals surface area contributed by atoms with E-state index in [1.807, 2.05) is 29.1 Å². The zero-order chi connectivity index (χ0) is 11.8. The second-order valence-electron chi connectivity index (χ2n) is 3.90. The summed E-state index contributed by atoms with van der Waals surface area (Å²) in [4.78, 5) is 10.6. The molecular weight excluding hydrogens is 230 g/mol. The smallest absolute Gasteiger partial charge is 0.147 e. The molecular formula is C13H17N3S. The molecule has 0 aliphatic carbocycles. The van der Waals surface area contributed by atoms with Crippen LogP contribution in [0, 0.1) is 0 Å². The van der Waals surface area contributed by atoms with Crippen LogP contribution in [0.4, 0.5) is 5.82 Å². The van der Waals surface area contributed by atoms with Crippen LogP contribution >= 0.6 is 11.3 Å². The van der Waals surface area contributed by atoms with E-state index in [-0.39, 0.29) is 0 Å². The van der Waals surface area contributed by atoms with Crippen molar-refractivity contribution >= 4 is 17.2 Å². The van der Waals surface area contributed by atoms with Gasteiger partial charge in [0.05, 0.1) is 6.20 Å². The first-order chi connectivity index (χ1) is 8.47. The van der Waals surface area contributed by atoms with Gasteiger partial charge in [-0.05, 0) is 30.0 Å². The molecule has 1 aliphatic rings. The molecule has 1 aliphatic heterocycles. The van der Waals surface area contributed by atoms with Gasteiger partial charge in [-0.3, -0.25) is 4.98 Å². The van der Waals surface area contributed by atoms with Gasteiger partial charge in [-0.1, -0.05) is 12.1 Å². The Hall–Kier alpha value is -1.42. The van der Waals surface area contributed by atoms with Crippen LogP contribution < -0.4 is 4.90 Å². The molecule has 0 amide bonds. The largest absolute Gasteiger partial charge is 0.355 e. The second-order valence-corrected chi connectivity index (χ2v) is 4.72. The standard InChI is InChI=1S/C9H13N3.C4H4S/c1-2-6-12(7-3-1)9-8-10-4-5-11-9;1-2-4-5-3-1/h4-5,8H,1-3,6-7H2;1-4H. The first-order valence-electron chi connectivity index (χ1n) is 5.95. The average molecular weight is 247 g/mol. The van der Waals surface area contributed by atoms with Gasteiger partial charge in [0.15, 0.2) is 0 Å². The molecule has 4 heteroatoms. The molecule has 0 saturated carbocycles. The summed E-state index contributed by atoms with van der Waals surface area (Å²) >= 11 is 1.71. The van der Waals surface area contributed by atoms with E-state index >= 15 is 0 Å². The first-order valence-corrected chi connectivity index (χ1v) is 6.89. The van der Waals surface area contributed by atoms with Crippen LogP contribution in [0.15, 0.2) is 41.5 Å². The lowest BCUT2D eigenvalue weighted by Gasteiger charge is -2.26. The van der Waals surface area contributed by atoms with Gasteiger partial charge < -0.3 is 4.90 Å². The maximum atomic E-state index is 4.27. The Labute approximate surface area is 106 Å². The van der Waals surface area contributed by atoms with Crippen LogP contribution in [0.1, 0.15) is 19.3 Å². The topological polar surface area (TPSA) is 29.0 Å². The lowest BCUT2D eigenvalue weighted by atomic mass is 10.1. The normalized spacial score (nSPS) is 14.9. The highest BCUT2D eigenvalue weighted by molar-refractivity contribution is 7.07. The number of aromatic nitrogens is 2. The van der Waals surface area contributed by atoms with Crippen molar-refractivity contribution in [1.29, 1.82) is 0 Å². The third-order valence-corrected chi connectivity index (χ3v) is 3.28. The minimum Gasteiger partial charge on any atom is -0.355 e. The van der Waals surface area contributed by atoms with Crippen molar-refractivity contribution in [2.45, 2.75) is 19.3 Å². The molecule has 3 nitrogen and oxygen atoms in total. The number of hydrogen-bond acceptors (Lipinski definition) is 4. The predicted molar refractivity (Wildman–Crippen MR) is 72.4 cm³/mol. The van der Waals surface area contributed by atoms with Crippen LogP contribution in [-0.2, 0) is 0 Å². The Kier molecular flexibility index (Phi) is 4.97. The summed E-state index contributed by atoms with van der Waals surface area (Å²) in [6.07, 6.45) is 9.24. The molecule has 17 heavy (non-hydrogen) atoms. The van der Waals surface area contributed by atoms with Gasteiger partial charge in [0.25, 0.3) is 0 Å². The van der Waals surface area contributed by atoms with E-state index in [1.54, 1.807) is 23.7 Å². The van der Waals surface area contributed by atoms with Crippen molar-refractivity contribution in [2.24, 2.45) is 0 Å². The molecule has 0 radical (unpaired) electrons. The quantitative estimate of drug-likeness (QED) is 0.775. The van der Waals surface area contributed by atoms with Crippen LogP contribution in [0.2, 0.25) is 0 Å². The fourth-order valence-corrected chi connectivity index (χ4v) is 2.26.